The van der Waals surface area contributed by atoms with Crippen LogP contribution in [0, 0.1) is 0 Å². The van der Waals surface area contributed by atoms with Gasteiger partial charge >= 0.3 is 0 Å². The number of ether oxygens (including phenoxy) is 4. The lowest BCUT2D eigenvalue weighted by Gasteiger charge is -2.13. The SMILES string of the molecule is COc1cc(C(=O)N/N=C/c2ccccc2Oc2ccc(Cl)cc2)cc(OC)c1OC. The van der Waals surface area contributed by atoms with Crippen molar-refractivity contribution in [3.63, 3.8) is 0 Å². The lowest BCUT2D eigenvalue weighted by molar-refractivity contribution is 0.0954. The molecule has 0 radical (unpaired) electrons. The van der Waals surface area contributed by atoms with Gasteiger partial charge in [-0.2, -0.15) is 5.10 Å². The molecule has 0 spiro atoms. The van der Waals surface area contributed by atoms with Crippen LogP contribution in [-0.2, 0) is 0 Å². The van der Waals surface area contributed by atoms with Gasteiger partial charge in [-0.1, -0.05) is 23.7 Å². The molecule has 0 saturated heterocycles. The minimum absolute atomic E-state index is 0.303. The van der Waals surface area contributed by atoms with Crippen molar-refractivity contribution in [1.82, 2.24) is 5.43 Å². The monoisotopic (exact) mass is 440 g/mol. The molecule has 3 aromatic rings. The van der Waals surface area contributed by atoms with Crippen LogP contribution in [0.3, 0.4) is 0 Å². The number of halogens is 1. The summed E-state index contributed by atoms with van der Waals surface area (Å²) in [6.45, 7) is 0. The Labute approximate surface area is 185 Å². The van der Waals surface area contributed by atoms with Crippen molar-refractivity contribution in [3.05, 3.63) is 76.8 Å². The number of carbonyl (C=O) groups excluding carboxylic acids is 1. The van der Waals surface area contributed by atoms with Crippen molar-refractivity contribution in [2.45, 2.75) is 0 Å². The molecule has 8 heteroatoms. The maximum atomic E-state index is 12.6. The van der Waals surface area contributed by atoms with E-state index in [0.29, 0.717) is 44.9 Å². The molecule has 0 unspecified atom stereocenters. The van der Waals surface area contributed by atoms with E-state index in [0.717, 1.165) is 0 Å². The van der Waals surface area contributed by atoms with E-state index < -0.39 is 5.91 Å². The molecule has 0 aromatic heterocycles. The van der Waals surface area contributed by atoms with Crippen LogP contribution in [0.1, 0.15) is 15.9 Å². The van der Waals surface area contributed by atoms with Crippen LogP contribution in [0.2, 0.25) is 5.02 Å². The number of rotatable bonds is 8. The van der Waals surface area contributed by atoms with Gasteiger partial charge in [-0.05, 0) is 48.5 Å². The summed E-state index contributed by atoms with van der Waals surface area (Å²) < 4.78 is 21.7. The smallest absolute Gasteiger partial charge is 0.271 e. The predicted octanol–water partition coefficient (Wildman–Crippen LogP) is 4.92. The zero-order valence-electron chi connectivity index (χ0n) is 17.2. The molecule has 0 saturated carbocycles. The van der Waals surface area contributed by atoms with E-state index in [1.165, 1.54) is 27.5 Å². The van der Waals surface area contributed by atoms with Crippen molar-refractivity contribution in [2.24, 2.45) is 5.10 Å². The molecule has 0 aliphatic carbocycles. The Morgan fingerprint density at radius 3 is 2.16 bits per heavy atom. The maximum absolute atomic E-state index is 12.6. The first-order chi connectivity index (χ1) is 15.0. The molecule has 0 aliphatic rings. The number of amides is 1. The Balaban J connectivity index is 1.75. The molecule has 0 heterocycles. The maximum Gasteiger partial charge on any atom is 0.271 e. The number of hydrazone groups is 1. The molecule has 0 fully saturated rings. The van der Waals surface area contributed by atoms with Gasteiger partial charge in [-0.3, -0.25) is 4.79 Å². The second-order valence-corrected chi connectivity index (χ2v) is 6.64. The fourth-order valence-electron chi connectivity index (χ4n) is 2.75. The third kappa shape index (κ3) is 5.46. The summed E-state index contributed by atoms with van der Waals surface area (Å²) in [5, 5.41) is 4.67. The molecular formula is C23H21ClN2O5. The lowest BCUT2D eigenvalue weighted by Crippen LogP contribution is -2.18. The zero-order chi connectivity index (χ0) is 22.2. The van der Waals surface area contributed by atoms with Gasteiger partial charge in [0.15, 0.2) is 11.5 Å². The summed E-state index contributed by atoms with van der Waals surface area (Å²) in [5.41, 5.74) is 3.48. The summed E-state index contributed by atoms with van der Waals surface area (Å²) in [5.74, 6) is 1.92. The predicted molar refractivity (Wildman–Crippen MR) is 119 cm³/mol. The number of hydrogen-bond acceptors (Lipinski definition) is 6. The number of hydrogen-bond donors (Lipinski definition) is 1. The quantitative estimate of drug-likeness (QED) is 0.397. The molecular weight excluding hydrogens is 420 g/mol. The molecule has 0 aliphatic heterocycles. The largest absolute Gasteiger partial charge is 0.493 e. The summed E-state index contributed by atoms with van der Waals surface area (Å²) in [6.07, 6.45) is 1.50. The summed E-state index contributed by atoms with van der Waals surface area (Å²) in [6, 6.07) is 17.4. The van der Waals surface area contributed by atoms with Crippen LogP contribution in [0.4, 0.5) is 0 Å². The Morgan fingerprint density at radius 2 is 1.55 bits per heavy atom. The number of nitrogens with one attached hydrogen (secondary N) is 1. The second-order valence-electron chi connectivity index (χ2n) is 6.21. The van der Waals surface area contributed by atoms with Crippen LogP contribution >= 0.6 is 11.6 Å². The molecule has 160 valence electrons. The van der Waals surface area contributed by atoms with Crippen LogP contribution in [-0.4, -0.2) is 33.5 Å². The molecule has 31 heavy (non-hydrogen) atoms. The van der Waals surface area contributed by atoms with Gasteiger partial charge in [0, 0.05) is 16.1 Å². The van der Waals surface area contributed by atoms with E-state index in [1.807, 2.05) is 18.2 Å². The van der Waals surface area contributed by atoms with Gasteiger partial charge in [-0.15, -0.1) is 0 Å². The van der Waals surface area contributed by atoms with Crippen molar-refractivity contribution in [2.75, 3.05) is 21.3 Å². The fourth-order valence-corrected chi connectivity index (χ4v) is 2.87. The van der Waals surface area contributed by atoms with E-state index in [2.05, 4.69) is 10.5 Å². The number of nitrogens with zero attached hydrogens (tertiary/aromatic N) is 1. The average Bonchev–Trinajstić information content (AvgIpc) is 2.80. The van der Waals surface area contributed by atoms with Gasteiger partial charge in [-0.25, -0.2) is 5.43 Å². The third-order valence-electron chi connectivity index (χ3n) is 4.26. The molecule has 1 amide bonds. The van der Waals surface area contributed by atoms with Crippen molar-refractivity contribution < 1.29 is 23.7 Å². The first kappa shape index (κ1) is 22.0. The fraction of sp³-hybridized carbons (Fsp3) is 0.130. The van der Waals surface area contributed by atoms with Gasteiger partial charge in [0.25, 0.3) is 5.91 Å². The second kappa shape index (κ2) is 10.4. The topological polar surface area (TPSA) is 78.4 Å². The zero-order valence-corrected chi connectivity index (χ0v) is 18.0. The molecule has 1 N–H and O–H groups in total. The Morgan fingerprint density at radius 1 is 0.903 bits per heavy atom. The molecule has 0 bridgehead atoms. The first-order valence-electron chi connectivity index (χ1n) is 9.21. The number of methoxy groups -OCH3 is 3. The highest BCUT2D eigenvalue weighted by Gasteiger charge is 2.16. The standard InChI is InChI=1S/C23H21ClN2O5/c1-28-20-12-16(13-21(29-2)22(20)30-3)23(27)26-25-14-15-6-4-5-7-19(15)31-18-10-8-17(24)9-11-18/h4-14H,1-3H3,(H,26,27)/b25-14+. The number of benzene rings is 3. The van der Waals surface area contributed by atoms with E-state index in [9.17, 15) is 4.79 Å². The van der Waals surface area contributed by atoms with Crippen LogP contribution in [0.5, 0.6) is 28.7 Å². The van der Waals surface area contributed by atoms with Crippen LogP contribution in [0.25, 0.3) is 0 Å². The van der Waals surface area contributed by atoms with E-state index >= 15 is 0 Å². The highest BCUT2D eigenvalue weighted by molar-refractivity contribution is 6.30. The molecule has 7 nitrogen and oxygen atoms in total. The average molecular weight is 441 g/mol. The van der Waals surface area contributed by atoms with Crippen molar-refractivity contribution >= 4 is 23.7 Å². The molecule has 3 aromatic carbocycles. The summed E-state index contributed by atoms with van der Waals surface area (Å²) in [7, 11) is 4.46. The van der Waals surface area contributed by atoms with Gasteiger partial charge in [0.05, 0.1) is 27.5 Å². The number of para-hydroxylation sites is 1. The van der Waals surface area contributed by atoms with E-state index in [1.54, 1.807) is 42.5 Å². The van der Waals surface area contributed by atoms with Crippen LogP contribution < -0.4 is 24.4 Å². The van der Waals surface area contributed by atoms with Gasteiger partial charge < -0.3 is 18.9 Å². The summed E-state index contributed by atoms with van der Waals surface area (Å²) in [4.78, 5) is 12.6. The van der Waals surface area contributed by atoms with E-state index in [-0.39, 0.29) is 0 Å². The lowest BCUT2D eigenvalue weighted by atomic mass is 10.1. The van der Waals surface area contributed by atoms with Crippen molar-refractivity contribution in [1.29, 1.82) is 0 Å². The minimum Gasteiger partial charge on any atom is -0.493 e. The first-order valence-corrected chi connectivity index (χ1v) is 9.59. The Hall–Kier alpha value is -3.71. The van der Waals surface area contributed by atoms with Crippen molar-refractivity contribution in [3.8, 4) is 28.7 Å². The van der Waals surface area contributed by atoms with E-state index in [4.69, 9.17) is 30.5 Å². The van der Waals surface area contributed by atoms with Gasteiger partial charge in [0.2, 0.25) is 5.75 Å². The summed E-state index contributed by atoms with van der Waals surface area (Å²) >= 11 is 5.91. The molecule has 3 rings (SSSR count). The van der Waals surface area contributed by atoms with Gasteiger partial charge in [0.1, 0.15) is 11.5 Å². The Kier molecular flexibility index (Phi) is 7.35. The van der Waals surface area contributed by atoms with Crippen LogP contribution in [0.15, 0.2) is 65.8 Å². The number of carbonyl (C=O) groups is 1. The highest BCUT2D eigenvalue weighted by Crippen LogP contribution is 2.38. The normalized spacial score (nSPS) is 10.6. The minimum atomic E-state index is -0.438. The molecule has 0 atom stereocenters. The highest BCUT2D eigenvalue weighted by atomic mass is 35.5. The Bertz CT molecular complexity index is 1060. The third-order valence-corrected chi connectivity index (χ3v) is 4.51.